The Morgan fingerprint density at radius 3 is 2.43 bits per heavy atom. The number of hydrogen-bond donors (Lipinski definition) is 1. The zero-order valence-corrected chi connectivity index (χ0v) is 15.5. The van der Waals surface area contributed by atoms with E-state index in [9.17, 15) is 18.4 Å². The summed E-state index contributed by atoms with van der Waals surface area (Å²) in [6.45, 7) is 1.58. The van der Waals surface area contributed by atoms with Crippen LogP contribution in [0.4, 0.5) is 13.8 Å². The van der Waals surface area contributed by atoms with E-state index in [2.05, 4.69) is 0 Å². The van der Waals surface area contributed by atoms with E-state index in [1.165, 1.54) is 53.1 Å². The number of nitrogens with zero attached hydrogens (tertiary/aromatic N) is 1. The minimum Gasteiger partial charge on any atom is -0.390 e. The SMILES string of the molecule is Cc1cc(C(=O)c2c(N)sc3c2ccc(=O)n3-c2ccc(F)cc2)ccc1F. The summed E-state index contributed by atoms with van der Waals surface area (Å²) in [6, 6.07) is 12.5. The maximum absolute atomic E-state index is 13.6. The molecule has 0 fully saturated rings. The molecule has 0 bridgehead atoms. The van der Waals surface area contributed by atoms with Gasteiger partial charge in [0.05, 0.1) is 16.3 Å². The molecule has 0 amide bonds. The maximum Gasteiger partial charge on any atom is 0.256 e. The van der Waals surface area contributed by atoms with Gasteiger partial charge in [-0.05, 0) is 61.0 Å². The van der Waals surface area contributed by atoms with Crippen molar-refractivity contribution in [3.8, 4) is 5.69 Å². The molecule has 0 spiro atoms. The fourth-order valence-corrected chi connectivity index (χ4v) is 4.18. The van der Waals surface area contributed by atoms with Crippen LogP contribution in [0.2, 0.25) is 0 Å². The van der Waals surface area contributed by atoms with E-state index in [0.29, 0.717) is 27.0 Å². The van der Waals surface area contributed by atoms with Crippen molar-refractivity contribution in [2.45, 2.75) is 6.92 Å². The molecule has 2 heterocycles. The fraction of sp³-hybridized carbons (Fsp3) is 0.0476. The summed E-state index contributed by atoms with van der Waals surface area (Å²) in [5, 5.41) is 0.766. The molecule has 28 heavy (non-hydrogen) atoms. The minimum atomic E-state index is -0.419. The van der Waals surface area contributed by atoms with Crippen molar-refractivity contribution >= 4 is 32.3 Å². The van der Waals surface area contributed by atoms with Gasteiger partial charge in [-0.15, -0.1) is 0 Å². The first-order valence-corrected chi connectivity index (χ1v) is 9.19. The standard InChI is InChI=1S/C21H14F2N2O2S/c1-11-10-12(2-8-16(11)23)19(27)18-15-7-9-17(26)25(21(15)28-20(18)24)14-5-3-13(22)4-6-14/h2-10H,24H2,1H3. The lowest BCUT2D eigenvalue weighted by molar-refractivity contribution is 0.104. The van der Waals surface area contributed by atoms with Crippen LogP contribution in [0.25, 0.3) is 15.9 Å². The number of hydrogen-bond acceptors (Lipinski definition) is 4. The lowest BCUT2D eigenvalue weighted by Gasteiger charge is -2.08. The number of aromatic nitrogens is 1. The van der Waals surface area contributed by atoms with Crippen LogP contribution in [0.5, 0.6) is 0 Å². The van der Waals surface area contributed by atoms with E-state index in [1.807, 2.05) is 0 Å². The van der Waals surface area contributed by atoms with Gasteiger partial charge in [-0.3, -0.25) is 14.2 Å². The number of carbonyl (C=O) groups is 1. The summed E-state index contributed by atoms with van der Waals surface area (Å²) in [4.78, 5) is 26.0. The number of nitrogen functional groups attached to an aromatic ring is 1. The monoisotopic (exact) mass is 396 g/mol. The van der Waals surface area contributed by atoms with Crippen LogP contribution >= 0.6 is 11.3 Å². The van der Waals surface area contributed by atoms with E-state index in [1.54, 1.807) is 13.0 Å². The lowest BCUT2D eigenvalue weighted by atomic mass is 10.0. The molecule has 0 saturated heterocycles. The van der Waals surface area contributed by atoms with Crippen molar-refractivity contribution in [1.29, 1.82) is 0 Å². The Balaban J connectivity index is 1.94. The molecule has 4 rings (SSSR count). The van der Waals surface area contributed by atoms with Crippen LogP contribution in [0.3, 0.4) is 0 Å². The number of benzene rings is 2. The summed E-state index contributed by atoms with van der Waals surface area (Å²) in [6.07, 6.45) is 0. The van der Waals surface area contributed by atoms with Crippen LogP contribution in [0.1, 0.15) is 21.5 Å². The van der Waals surface area contributed by atoms with E-state index in [-0.39, 0.29) is 21.9 Å². The van der Waals surface area contributed by atoms with Gasteiger partial charge < -0.3 is 5.73 Å². The van der Waals surface area contributed by atoms with Crippen molar-refractivity contribution in [3.63, 3.8) is 0 Å². The normalized spacial score (nSPS) is 11.1. The Bertz CT molecular complexity index is 1290. The molecule has 7 heteroatoms. The zero-order chi connectivity index (χ0) is 20.0. The summed E-state index contributed by atoms with van der Waals surface area (Å²) in [7, 11) is 0. The summed E-state index contributed by atoms with van der Waals surface area (Å²) in [5.74, 6) is -1.17. The molecular weight excluding hydrogens is 382 g/mol. The van der Waals surface area contributed by atoms with Gasteiger partial charge in [-0.25, -0.2) is 8.78 Å². The first-order valence-electron chi connectivity index (χ1n) is 8.37. The number of anilines is 1. The Hall–Kier alpha value is -3.32. The number of fused-ring (bicyclic) bond motifs is 1. The van der Waals surface area contributed by atoms with Crippen LogP contribution in [-0.4, -0.2) is 10.4 Å². The second kappa shape index (κ2) is 6.69. The molecule has 2 aromatic carbocycles. The third-order valence-electron chi connectivity index (χ3n) is 4.50. The van der Waals surface area contributed by atoms with E-state index in [4.69, 9.17) is 5.73 Å². The van der Waals surface area contributed by atoms with Crippen molar-refractivity contribution in [2.24, 2.45) is 0 Å². The van der Waals surface area contributed by atoms with E-state index in [0.717, 1.165) is 11.3 Å². The first kappa shape index (κ1) is 18.1. The molecule has 0 aliphatic heterocycles. The fourth-order valence-electron chi connectivity index (χ4n) is 3.10. The van der Waals surface area contributed by atoms with Gasteiger partial charge in [0.1, 0.15) is 16.5 Å². The third kappa shape index (κ3) is 2.90. The van der Waals surface area contributed by atoms with E-state index < -0.39 is 11.6 Å². The molecule has 140 valence electrons. The average molecular weight is 396 g/mol. The first-order chi connectivity index (χ1) is 13.4. The number of pyridine rings is 1. The Kier molecular flexibility index (Phi) is 4.31. The van der Waals surface area contributed by atoms with Crippen molar-refractivity contribution in [2.75, 3.05) is 5.73 Å². The number of thiophene rings is 1. The molecule has 0 radical (unpaired) electrons. The van der Waals surface area contributed by atoms with Crippen LogP contribution in [-0.2, 0) is 0 Å². The van der Waals surface area contributed by atoms with Crippen molar-refractivity contribution < 1.29 is 13.6 Å². The second-order valence-corrected chi connectivity index (χ2v) is 7.37. The molecule has 0 atom stereocenters. The molecule has 2 N–H and O–H groups in total. The third-order valence-corrected chi connectivity index (χ3v) is 5.52. The van der Waals surface area contributed by atoms with Gasteiger partial charge in [0, 0.05) is 17.0 Å². The molecule has 0 aliphatic carbocycles. The Morgan fingerprint density at radius 2 is 1.75 bits per heavy atom. The van der Waals surface area contributed by atoms with Crippen molar-refractivity contribution in [1.82, 2.24) is 4.57 Å². The number of ketones is 1. The lowest BCUT2D eigenvalue weighted by Crippen LogP contribution is -2.16. The highest BCUT2D eigenvalue weighted by atomic mass is 32.1. The summed E-state index contributed by atoms with van der Waals surface area (Å²) in [5.41, 5.74) is 7.20. The predicted octanol–water partition coefficient (Wildman–Crippen LogP) is 4.45. The van der Waals surface area contributed by atoms with Gasteiger partial charge in [0.15, 0.2) is 5.78 Å². The smallest absolute Gasteiger partial charge is 0.256 e. The zero-order valence-electron chi connectivity index (χ0n) is 14.7. The highest BCUT2D eigenvalue weighted by Gasteiger charge is 2.22. The van der Waals surface area contributed by atoms with Crippen LogP contribution < -0.4 is 11.3 Å². The topological polar surface area (TPSA) is 65.1 Å². The predicted molar refractivity (Wildman–Crippen MR) is 106 cm³/mol. The molecule has 4 aromatic rings. The molecule has 0 saturated carbocycles. The van der Waals surface area contributed by atoms with Crippen molar-refractivity contribution in [3.05, 3.63) is 93.3 Å². The van der Waals surface area contributed by atoms with Crippen LogP contribution in [0, 0.1) is 18.6 Å². The quantitative estimate of drug-likeness (QED) is 0.520. The second-order valence-electron chi connectivity index (χ2n) is 6.34. The van der Waals surface area contributed by atoms with Gasteiger partial charge in [-0.1, -0.05) is 11.3 Å². The summed E-state index contributed by atoms with van der Waals surface area (Å²) < 4.78 is 28.2. The number of halogens is 2. The minimum absolute atomic E-state index is 0.253. The molecule has 0 aliphatic rings. The van der Waals surface area contributed by atoms with Gasteiger partial charge in [0.2, 0.25) is 0 Å². The number of carbonyl (C=O) groups excluding carboxylic acids is 1. The summed E-state index contributed by atoms with van der Waals surface area (Å²) >= 11 is 1.10. The Labute approximate surface area is 162 Å². The van der Waals surface area contributed by atoms with Gasteiger partial charge >= 0.3 is 0 Å². The number of nitrogens with two attached hydrogens (primary N) is 1. The largest absolute Gasteiger partial charge is 0.390 e. The van der Waals surface area contributed by atoms with Gasteiger partial charge in [0.25, 0.3) is 5.56 Å². The molecule has 2 aromatic heterocycles. The van der Waals surface area contributed by atoms with Crippen LogP contribution in [0.15, 0.2) is 59.4 Å². The average Bonchev–Trinajstić information content (AvgIpc) is 3.00. The molecule has 0 unspecified atom stereocenters. The highest BCUT2D eigenvalue weighted by molar-refractivity contribution is 7.22. The molecular formula is C21H14F2N2O2S. The molecule has 4 nitrogen and oxygen atoms in total. The maximum atomic E-state index is 13.6. The highest BCUT2D eigenvalue weighted by Crippen LogP contribution is 2.35. The van der Waals surface area contributed by atoms with E-state index >= 15 is 0 Å². The number of rotatable bonds is 3. The number of aryl methyl sites for hydroxylation is 1. The van der Waals surface area contributed by atoms with Gasteiger partial charge in [-0.2, -0.15) is 0 Å². The Morgan fingerprint density at radius 1 is 1.04 bits per heavy atom.